The molecule has 0 radical (unpaired) electrons. The van der Waals surface area contributed by atoms with Gasteiger partial charge in [-0.15, -0.1) is 11.3 Å². The van der Waals surface area contributed by atoms with E-state index in [0.29, 0.717) is 10.4 Å². The third-order valence-corrected chi connectivity index (χ3v) is 6.55. The van der Waals surface area contributed by atoms with Crippen molar-refractivity contribution in [1.82, 2.24) is 0 Å². The molecule has 1 saturated heterocycles. The average molecular weight is 475 g/mol. The lowest BCUT2D eigenvalue weighted by molar-refractivity contribution is -0.137. The highest BCUT2D eigenvalue weighted by molar-refractivity contribution is 7.10. The van der Waals surface area contributed by atoms with Gasteiger partial charge in [0, 0.05) is 16.1 Å². The van der Waals surface area contributed by atoms with Crippen molar-refractivity contribution in [3.63, 3.8) is 0 Å². The van der Waals surface area contributed by atoms with Crippen LogP contribution < -0.4 is 4.90 Å². The number of halogens is 4. The molecule has 0 saturated carbocycles. The number of aryl methyl sites for hydroxylation is 2. The molecular formula is C24H17F4NO3S. The van der Waals surface area contributed by atoms with Crippen LogP contribution in [0, 0.1) is 19.7 Å². The first-order valence-electron chi connectivity index (χ1n) is 9.79. The summed E-state index contributed by atoms with van der Waals surface area (Å²) in [5, 5.41) is 12.7. The van der Waals surface area contributed by atoms with Crippen molar-refractivity contribution in [3.05, 3.63) is 92.4 Å². The molecule has 1 aliphatic heterocycles. The van der Waals surface area contributed by atoms with Crippen molar-refractivity contribution < 1.29 is 32.3 Å². The predicted molar refractivity (Wildman–Crippen MR) is 116 cm³/mol. The number of aliphatic hydroxyl groups excluding tert-OH is 1. The number of anilines is 1. The first-order valence-corrected chi connectivity index (χ1v) is 10.7. The molecule has 170 valence electrons. The molecule has 9 heteroatoms. The first kappa shape index (κ1) is 22.7. The Balaban J connectivity index is 1.95. The molecule has 0 spiro atoms. The third-order valence-electron chi connectivity index (χ3n) is 5.48. The van der Waals surface area contributed by atoms with Gasteiger partial charge in [0.1, 0.15) is 17.6 Å². The number of amides is 1. The van der Waals surface area contributed by atoms with Crippen LogP contribution in [0.4, 0.5) is 23.2 Å². The molecular weight excluding hydrogens is 458 g/mol. The summed E-state index contributed by atoms with van der Waals surface area (Å²) in [4.78, 5) is 27.6. The summed E-state index contributed by atoms with van der Waals surface area (Å²) in [6.45, 7) is 3.22. The third kappa shape index (κ3) is 3.93. The van der Waals surface area contributed by atoms with Gasteiger partial charge in [-0.1, -0.05) is 6.07 Å². The van der Waals surface area contributed by atoms with Gasteiger partial charge in [-0.2, -0.15) is 13.2 Å². The predicted octanol–water partition coefficient (Wildman–Crippen LogP) is 6.15. The highest BCUT2D eigenvalue weighted by Crippen LogP contribution is 2.45. The summed E-state index contributed by atoms with van der Waals surface area (Å²) in [5.74, 6) is -3.14. The topological polar surface area (TPSA) is 57.6 Å². The maximum Gasteiger partial charge on any atom is 0.416 e. The van der Waals surface area contributed by atoms with Crippen LogP contribution >= 0.6 is 11.3 Å². The first-order chi connectivity index (χ1) is 15.5. The number of hydrogen-bond donors (Lipinski definition) is 1. The number of carbonyl (C=O) groups is 2. The van der Waals surface area contributed by atoms with E-state index >= 15 is 0 Å². The van der Waals surface area contributed by atoms with Crippen molar-refractivity contribution in [3.8, 4) is 0 Å². The van der Waals surface area contributed by atoms with Crippen LogP contribution in [-0.2, 0) is 15.8 Å². The number of ketones is 1. The van der Waals surface area contributed by atoms with Gasteiger partial charge in [0.25, 0.3) is 11.7 Å². The molecule has 2 heterocycles. The summed E-state index contributed by atoms with van der Waals surface area (Å²) >= 11 is 1.21. The summed E-state index contributed by atoms with van der Waals surface area (Å²) < 4.78 is 53.7. The number of nitrogens with zero attached hydrogens (tertiary/aromatic N) is 1. The molecule has 0 bridgehead atoms. The molecule has 4 nitrogen and oxygen atoms in total. The zero-order valence-electron chi connectivity index (χ0n) is 17.4. The van der Waals surface area contributed by atoms with Crippen molar-refractivity contribution in [2.75, 3.05) is 4.90 Å². The normalized spacial score (nSPS) is 18.2. The van der Waals surface area contributed by atoms with E-state index in [1.54, 1.807) is 18.4 Å². The molecule has 1 aromatic heterocycles. The largest absolute Gasteiger partial charge is 0.507 e. The van der Waals surface area contributed by atoms with E-state index in [9.17, 15) is 32.3 Å². The van der Waals surface area contributed by atoms with Gasteiger partial charge in [-0.3, -0.25) is 14.5 Å². The van der Waals surface area contributed by atoms with E-state index in [1.165, 1.54) is 36.5 Å². The lowest BCUT2D eigenvalue weighted by atomic mass is 9.97. The Morgan fingerprint density at radius 2 is 1.76 bits per heavy atom. The van der Waals surface area contributed by atoms with Crippen molar-refractivity contribution in [2.45, 2.75) is 26.1 Å². The second kappa shape index (κ2) is 8.15. The van der Waals surface area contributed by atoms with Crippen LogP contribution in [-0.4, -0.2) is 16.8 Å². The van der Waals surface area contributed by atoms with Crippen LogP contribution in [0.3, 0.4) is 0 Å². The Hall–Kier alpha value is -3.46. The number of benzene rings is 2. The number of thiophene rings is 1. The molecule has 2 aromatic carbocycles. The highest BCUT2D eigenvalue weighted by atomic mass is 32.1. The second-order valence-corrected chi connectivity index (χ2v) is 8.60. The van der Waals surface area contributed by atoms with Gasteiger partial charge in [-0.25, -0.2) is 4.39 Å². The average Bonchev–Trinajstić information content (AvgIpc) is 3.29. The van der Waals surface area contributed by atoms with E-state index in [1.807, 2.05) is 0 Å². The Morgan fingerprint density at radius 1 is 1.03 bits per heavy atom. The summed E-state index contributed by atoms with van der Waals surface area (Å²) in [6, 6.07) is 8.45. The standard InChI is InChI=1S/C24H17F4NO3S/c1-12-8-9-33-22(12)19-18(20(30)14-6-7-17(25)13(2)10-14)21(31)23(32)29(19)16-5-3-4-15(11-16)24(26,27)28/h3-11,19,30H,1-2H3/b20-18-. The molecule has 33 heavy (non-hydrogen) atoms. The van der Waals surface area contributed by atoms with Crippen molar-refractivity contribution in [2.24, 2.45) is 0 Å². The lowest BCUT2D eigenvalue weighted by Gasteiger charge is -2.25. The number of carbonyl (C=O) groups excluding carboxylic acids is 2. The number of Topliss-reactive ketones (excluding diaryl/α,β-unsaturated/α-hetero) is 1. The fourth-order valence-corrected chi connectivity index (χ4v) is 4.82. The van der Waals surface area contributed by atoms with Gasteiger partial charge in [0.2, 0.25) is 0 Å². The fourth-order valence-electron chi connectivity index (χ4n) is 3.79. The molecule has 0 aliphatic carbocycles. The van der Waals surface area contributed by atoms with Gasteiger partial charge < -0.3 is 5.11 Å². The summed E-state index contributed by atoms with van der Waals surface area (Å²) in [7, 11) is 0. The van der Waals surface area contributed by atoms with E-state index in [2.05, 4.69) is 0 Å². The number of alkyl halides is 3. The van der Waals surface area contributed by atoms with Gasteiger partial charge in [-0.05, 0) is 72.8 Å². The molecule has 1 aliphatic rings. The molecule has 1 amide bonds. The molecule has 3 aromatic rings. The van der Waals surface area contributed by atoms with Crippen LogP contribution in [0.2, 0.25) is 0 Å². The van der Waals surface area contributed by atoms with Crippen LogP contribution in [0.1, 0.15) is 33.2 Å². The van der Waals surface area contributed by atoms with E-state index in [0.717, 1.165) is 29.2 Å². The quantitative estimate of drug-likeness (QED) is 0.214. The smallest absolute Gasteiger partial charge is 0.416 e. The zero-order valence-corrected chi connectivity index (χ0v) is 18.2. The maximum absolute atomic E-state index is 13.7. The fraction of sp³-hybridized carbons (Fsp3) is 0.167. The van der Waals surface area contributed by atoms with E-state index in [4.69, 9.17) is 0 Å². The van der Waals surface area contributed by atoms with Gasteiger partial charge >= 0.3 is 6.18 Å². The number of hydrogen-bond acceptors (Lipinski definition) is 4. The minimum Gasteiger partial charge on any atom is -0.507 e. The molecule has 1 N–H and O–H groups in total. The zero-order chi connectivity index (χ0) is 24.1. The van der Waals surface area contributed by atoms with Crippen molar-refractivity contribution in [1.29, 1.82) is 0 Å². The lowest BCUT2D eigenvalue weighted by Crippen LogP contribution is -2.29. The monoisotopic (exact) mass is 475 g/mol. The number of rotatable bonds is 3. The van der Waals surface area contributed by atoms with Crippen LogP contribution in [0.15, 0.2) is 59.5 Å². The second-order valence-electron chi connectivity index (χ2n) is 7.65. The Morgan fingerprint density at radius 3 is 2.36 bits per heavy atom. The molecule has 4 rings (SSSR count). The van der Waals surface area contributed by atoms with E-state index < -0.39 is 41.0 Å². The summed E-state index contributed by atoms with van der Waals surface area (Å²) in [5.41, 5.74) is -0.332. The maximum atomic E-state index is 13.7. The van der Waals surface area contributed by atoms with E-state index in [-0.39, 0.29) is 22.4 Å². The molecule has 1 atom stereocenters. The van der Waals surface area contributed by atoms with Crippen LogP contribution in [0.25, 0.3) is 5.76 Å². The highest BCUT2D eigenvalue weighted by Gasteiger charge is 2.48. The van der Waals surface area contributed by atoms with Crippen LogP contribution in [0.5, 0.6) is 0 Å². The van der Waals surface area contributed by atoms with Gasteiger partial charge in [0.15, 0.2) is 0 Å². The minimum atomic E-state index is -4.65. The van der Waals surface area contributed by atoms with Crippen molar-refractivity contribution >= 4 is 34.5 Å². The summed E-state index contributed by atoms with van der Waals surface area (Å²) in [6.07, 6.45) is -4.65. The molecule has 1 fully saturated rings. The van der Waals surface area contributed by atoms with Gasteiger partial charge in [0.05, 0.1) is 11.1 Å². The minimum absolute atomic E-state index is 0.121. The Kier molecular flexibility index (Phi) is 5.61. The SMILES string of the molecule is Cc1cc(/C(O)=C2/C(=O)C(=O)N(c3cccc(C(F)(F)F)c3)C2c2sccc2C)ccc1F. The Labute approximate surface area is 190 Å². The Bertz CT molecular complexity index is 1310. The molecule has 1 unspecified atom stereocenters. The number of aliphatic hydroxyl groups is 1.